The van der Waals surface area contributed by atoms with E-state index in [0.29, 0.717) is 13.1 Å². The summed E-state index contributed by atoms with van der Waals surface area (Å²) in [5, 5.41) is 9.41. The van der Waals surface area contributed by atoms with Crippen molar-refractivity contribution in [2.45, 2.75) is 33.6 Å². The number of benzene rings is 1. The second-order valence-corrected chi connectivity index (χ2v) is 6.73. The van der Waals surface area contributed by atoms with Crippen LogP contribution in [0.5, 0.6) is 0 Å². The minimum Gasteiger partial charge on any atom is -0.481 e. The first-order chi connectivity index (χ1) is 9.80. The summed E-state index contributed by atoms with van der Waals surface area (Å²) in [6.45, 7) is 6.59. The fraction of sp³-hybridized carbons (Fsp3) is 0.529. The Morgan fingerprint density at radius 2 is 1.57 bits per heavy atom. The number of nitrogens with zero attached hydrogens (tertiary/aromatic N) is 1. The van der Waals surface area contributed by atoms with Gasteiger partial charge in [-0.05, 0) is 29.4 Å². The molecule has 0 aliphatic carbocycles. The number of rotatable bonds is 2. The lowest BCUT2D eigenvalue weighted by Gasteiger charge is -2.31. The van der Waals surface area contributed by atoms with E-state index in [-0.39, 0.29) is 5.91 Å². The van der Waals surface area contributed by atoms with Crippen LogP contribution in [0.25, 0.3) is 0 Å². The van der Waals surface area contributed by atoms with Crippen LogP contribution in [0.3, 0.4) is 0 Å². The molecule has 1 N–H and O–H groups in total. The van der Waals surface area contributed by atoms with E-state index >= 15 is 0 Å². The van der Waals surface area contributed by atoms with Gasteiger partial charge in [-0.25, -0.2) is 0 Å². The molecule has 1 amide bonds. The number of carbonyl (C=O) groups excluding carboxylic acids is 1. The van der Waals surface area contributed by atoms with Crippen LogP contribution in [0.15, 0.2) is 24.3 Å². The van der Waals surface area contributed by atoms with Crippen LogP contribution in [-0.2, 0) is 22.4 Å². The summed E-state index contributed by atoms with van der Waals surface area (Å²) in [4.78, 5) is 25.8. The lowest BCUT2D eigenvalue weighted by Crippen LogP contribution is -2.46. The van der Waals surface area contributed by atoms with Crippen molar-refractivity contribution in [2.24, 2.45) is 11.3 Å². The Balaban J connectivity index is 2.16. The Kier molecular flexibility index (Phi) is 4.35. The highest BCUT2D eigenvalue weighted by molar-refractivity contribution is 5.97. The van der Waals surface area contributed by atoms with E-state index < -0.39 is 17.3 Å². The average molecular weight is 289 g/mol. The van der Waals surface area contributed by atoms with Crippen LogP contribution in [0, 0.1) is 11.3 Å². The van der Waals surface area contributed by atoms with Crippen molar-refractivity contribution < 1.29 is 14.7 Å². The molecule has 0 bridgehead atoms. The summed E-state index contributed by atoms with van der Waals surface area (Å²) >= 11 is 0. The molecule has 1 aromatic carbocycles. The third kappa shape index (κ3) is 3.43. The molecule has 4 nitrogen and oxygen atoms in total. The molecule has 1 atom stereocenters. The second kappa shape index (κ2) is 5.88. The van der Waals surface area contributed by atoms with Crippen molar-refractivity contribution in [2.75, 3.05) is 13.1 Å². The van der Waals surface area contributed by atoms with Gasteiger partial charge in [-0.15, -0.1) is 0 Å². The van der Waals surface area contributed by atoms with Gasteiger partial charge in [0, 0.05) is 13.1 Å². The Labute approximate surface area is 125 Å². The lowest BCUT2D eigenvalue weighted by atomic mass is 9.80. The summed E-state index contributed by atoms with van der Waals surface area (Å²) in [5.74, 6) is -2.28. The lowest BCUT2D eigenvalue weighted by molar-refractivity contribution is -0.156. The van der Waals surface area contributed by atoms with Crippen LogP contribution in [0.1, 0.15) is 31.9 Å². The zero-order chi connectivity index (χ0) is 15.6. The van der Waals surface area contributed by atoms with Crippen LogP contribution in [-0.4, -0.2) is 35.0 Å². The van der Waals surface area contributed by atoms with Crippen molar-refractivity contribution in [1.29, 1.82) is 0 Å². The predicted molar refractivity (Wildman–Crippen MR) is 81.0 cm³/mol. The van der Waals surface area contributed by atoms with Gasteiger partial charge in [-0.1, -0.05) is 45.0 Å². The van der Waals surface area contributed by atoms with Crippen molar-refractivity contribution in [3.05, 3.63) is 35.4 Å². The molecule has 4 heteroatoms. The normalized spacial score (nSPS) is 16.8. The fourth-order valence-corrected chi connectivity index (χ4v) is 2.92. The zero-order valence-electron chi connectivity index (χ0n) is 12.9. The smallest absolute Gasteiger partial charge is 0.316 e. The number of fused-ring (bicyclic) bond motifs is 1. The molecule has 0 aromatic heterocycles. The van der Waals surface area contributed by atoms with Crippen LogP contribution >= 0.6 is 0 Å². The summed E-state index contributed by atoms with van der Waals surface area (Å²) in [7, 11) is 0. The molecule has 0 radical (unpaired) electrons. The monoisotopic (exact) mass is 289 g/mol. The summed E-state index contributed by atoms with van der Waals surface area (Å²) in [5.41, 5.74) is 1.94. The van der Waals surface area contributed by atoms with Crippen molar-refractivity contribution >= 4 is 11.9 Å². The molecule has 1 unspecified atom stereocenters. The number of hydrogen-bond donors (Lipinski definition) is 1. The highest BCUT2D eigenvalue weighted by Crippen LogP contribution is 2.29. The van der Waals surface area contributed by atoms with Gasteiger partial charge in [0.2, 0.25) is 5.91 Å². The number of aliphatic carboxylic acids is 1. The predicted octanol–water partition coefficient (Wildman–Crippen LogP) is 2.36. The van der Waals surface area contributed by atoms with Gasteiger partial charge in [0.15, 0.2) is 0 Å². The second-order valence-electron chi connectivity index (χ2n) is 6.73. The Hall–Kier alpha value is -1.84. The molecule has 1 heterocycles. The third-order valence-corrected chi connectivity index (χ3v) is 4.09. The highest BCUT2D eigenvalue weighted by Gasteiger charge is 2.40. The van der Waals surface area contributed by atoms with E-state index in [1.807, 2.05) is 12.1 Å². The Bertz CT molecular complexity index is 518. The van der Waals surface area contributed by atoms with Gasteiger partial charge in [0.1, 0.15) is 5.92 Å². The first-order valence-corrected chi connectivity index (χ1v) is 7.39. The van der Waals surface area contributed by atoms with E-state index in [1.165, 1.54) is 11.1 Å². The molecule has 2 rings (SSSR count). The Morgan fingerprint density at radius 3 is 1.95 bits per heavy atom. The van der Waals surface area contributed by atoms with Crippen molar-refractivity contribution in [1.82, 2.24) is 4.90 Å². The van der Waals surface area contributed by atoms with Crippen LogP contribution in [0.4, 0.5) is 0 Å². The molecule has 0 fully saturated rings. The minimum atomic E-state index is -1.03. The SMILES string of the molecule is CC(C)(C)C(C(=O)O)C(=O)N1CCc2ccccc2CC1. The van der Waals surface area contributed by atoms with E-state index in [0.717, 1.165) is 12.8 Å². The van der Waals surface area contributed by atoms with Gasteiger partial charge < -0.3 is 10.0 Å². The average Bonchev–Trinajstić information content (AvgIpc) is 2.58. The number of carboxylic acid groups (broad SMARTS) is 1. The third-order valence-electron chi connectivity index (χ3n) is 4.09. The first-order valence-electron chi connectivity index (χ1n) is 7.39. The molecule has 1 aliphatic rings. The van der Waals surface area contributed by atoms with Crippen LogP contribution < -0.4 is 0 Å². The molecule has 1 aliphatic heterocycles. The van der Waals surface area contributed by atoms with Gasteiger partial charge in [0.05, 0.1) is 0 Å². The zero-order valence-corrected chi connectivity index (χ0v) is 12.9. The standard InChI is InChI=1S/C17H23NO3/c1-17(2,3)14(16(20)21)15(19)18-10-8-12-6-4-5-7-13(12)9-11-18/h4-7,14H,8-11H2,1-3H3,(H,20,21). The molecule has 0 saturated carbocycles. The summed E-state index contributed by atoms with van der Waals surface area (Å²) in [6, 6.07) is 8.18. The fourth-order valence-electron chi connectivity index (χ4n) is 2.92. The van der Waals surface area contributed by atoms with Crippen molar-refractivity contribution in [3.63, 3.8) is 0 Å². The molecule has 0 saturated heterocycles. The maximum absolute atomic E-state index is 12.6. The summed E-state index contributed by atoms with van der Waals surface area (Å²) < 4.78 is 0. The maximum Gasteiger partial charge on any atom is 0.316 e. The first kappa shape index (κ1) is 15.5. The molecular weight excluding hydrogens is 266 g/mol. The number of hydrogen-bond acceptors (Lipinski definition) is 2. The number of amides is 1. The summed E-state index contributed by atoms with van der Waals surface area (Å²) in [6.07, 6.45) is 1.58. The van der Waals surface area contributed by atoms with E-state index in [2.05, 4.69) is 12.1 Å². The van der Waals surface area contributed by atoms with Gasteiger partial charge in [-0.3, -0.25) is 9.59 Å². The Morgan fingerprint density at radius 1 is 1.10 bits per heavy atom. The molecule has 114 valence electrons. The van der Waals surface area contributed by atoms with Gasteiger partial charge >= 0.3 is 5.97 Å². The molecule has 1 aromatic rings. The molecule has 0 spiro atoms. The molecular formula is C17H23NO3. The highest BCUT2D eigenvalue weighted by atomic mass is 16.4. The quantitative estimate of drug-likeness (QED) is 0.850. The minimum absolute atomic E-state index is 0.261. The maximum atomic E-state index is 12.6. The van der Waals surface area contributed by atoms with E-state index in [4.69, 9.17) is 0 Å². The van der Waals surface area contributed by atoms with Gasteiger partial charge in [0.25, 0.3) is 0 Å². The number of carboxylic acids is 1. The largest absolute Gasteiger partial charge is 0.481 e. The van der Waals surface area contributed by atoms with Crippen LogP contribution in [0.2, 0.25) is 0 Å². The van der Waals surface area contributed by atoms with E-state index in [1.54, 1.807) is 25.7 Å². The van der Waals surface area contributed by atoms with E-state index in [9.17, 15) is 14.7 Å². The topological polar surface area (TPSA) is 57.6 Å². The molecule has 21 heavy (non-hydrogen) atoms. The number of carbonyl (C=O) groups is 2. The van der Waals surface area contributed by atoms with Gasteiger partial charge in [-0.2, -0.15) is 0 Å². The van der Waals surface area contributed by atoms with Crippen molar-refractivity contribution in [3.8, 4) is 0 Å².